The molecule has 2 saturated heterocycles. The number of ether oxygens (including phenoxy) is 1. The summed E-state index contributed by atoms with van der Waals surface area (Å²) < 4.78 is 11.3. The smallest absolute Gasteiger partial charge is 0.142 e. The van der Waals surface area contributed by atoms with Crippen molar-refractivity contribution in [1.29, 1.82) is 5.26 Å². The highest BCUT2D eigenvalue weighted by Gasteiger charge is 2.45. The summed E-state index contributed by atoms with van der Waals surface area (Å²) in [5.41, 5.74) is 1.58. The van der Waals surface area contributed by atoms with Crippen LogP contribution in [0.25, 0.3) is 0 Å². The molecule has 2 unspecified atom stereocenters. The van der Waals surface area contributed by atoms with Crippen LogP contribution < -0.4 is 5.32 Å². The van der Waals surface area contributed by atoms with Crippen LogP contribution in [0.2, 0.25) is 0 Å². The molecule has 1 N–H and O–H groups in total. The molecule has 6 nitrogen and oxygen atoms in total. The highest BCUT2D eigenvalue weighted by molar-refractivity contribution is 5.39. The number of pyridine rings is 1. The van der Waals surface area contributed by atoms with Crippen molar-refractivity contribution in [2.24, 2.45) is 0 Å². The minimum Gasteiger partial charge on any atom is -0.472 e. The van der Waals surface area contributed by atoms with Crippen LogP contribution in [0.15, 0.2) is 41.2 Å². The van der Waals surface area contributed by atoms with Crippen molar-refractivity contribution in [1.82, 2.24) is 9.88 Å². The molecule has 124 valence electrons. The molecule has 0 bridgehead atoms. The average Bonchev–Trinajstić information content (AvgIpc) is 3.32. The Balaban J connectivity index is 1.35. The normalized spacial score (nSPS) is 26.7. The first kappa shape index (κ1) is 15.2. The zero-order valence-corrected chi connectivity index (χ0v) is 13.4. The number of aromatic nitrogens is 1. The molecule has 4 rings (SSSR count). The lowest BCUT2D eigenvalue weighted by Gasteiger charge is -2.23. The second-order valence-electron chi connectivity index (χ2n) is 6.65. The molecule has 2 aliphatic heterocycles. The standard InChI is InChI=1S/C18H20N4O2/c19-9-15-2-1-3-17(20-15)21-16-8-18(24-12-16)5-6-22(13-18)10-14-4-7-23-11-14/h1-4,7,11,16H,5-6,8,10,12-13H2,(H,20,21). The lowest BCUT2D eigenvalue weighted by Crippen LogP contribution is -2.33. The van der Waals surface area contributed by atoms with Crippen LogP contribution in [0.3, 0.4) is 0 Å². The molecule has 2 aromatic heterocycles. The van der Waals surface area contributed by atoms with Crippen molar-refractivity contribution in [3.8, 4) is 6.07 Å². The van der Waals surface area contributed by atoms with Crippen molar-refractivity contribution in [3.05, 3.63) is 48.0 Å². The van der Waals surface area contributed by atoms with E-state index in [1.165, 1.54) is 5.56 Å². The Morgan fingerprint density at radius 3 is 3.21 bits per heavy atom. The van der Waals surface area contributed by atoms with E-state index in [-0.39, 0.29) is 11.6 Å². The highest BCUT2D eigenvalue weighted by atomic mass is 16.5. The maximum absolute atomic E-state index is 8.95. The molecule has 0 aromatic carbocycles. The molecule has 2 aliphatic rings. The molecular weight excluding hydrogens is 304 g/mol. The van der Waals surface area contributed by atoms with Gasteiger partial charge in [-0.25, -0.2) is 4.98 Å². The van der Waals surface area contributed by atoms with E-state index in [2.05, 4.69) is 21.3 Å². The Morgan fingerprint density at radius 1 is 1.42 bits per heavy atom. The van der Waals surface area contributed by atoms with Crippen molar-refractivity contribution in [3.63, 3.8) is 0 Å². The summed E-state index contributed by atoms with van der Waals surface area (Å²) in [5, 5.41) is 12.4. The number of furan rings is 1. The fourth-order valence-corrected chi connectivity index (χ4v) is 3.71. The van der Waals surface area contributed by atoms with Gasteiger partial charge in [0.2, 0.25) is 0 Å². The summed E-state index contributed by atoms with van der Waals surface area (Å²) >= 11 is 0. The highest BCUT2D eigenvalue weighted by Crippen LogP contribution is 2.36. The third-order valence-corrected chi connectivity index (χ3v) is 4.81. The molecule has 4 heterocycles. The molecule has 0 radical (unpaired) electrons. The SMILES string of the molecule is N#Cc1cccc(NC2COC3(CCN(Cc4ccoc4)C3)C2)n1. The predicted molar refractivity (Wildman–Crippen MR) is 88.3 cm³/mol. The van der Waals surface area contributed by atoms with Crippen LogP contribution in [0.1, 0.15) is 24.1 Å². The number of hydrogen-bond acceptors (Lipinski definition) is 6. The van der Waals surface area contributed by atoms with Gasteiger partial charge in [0.15, 0.2) is 0 Å². The first-order valence-electron chi connectivity index (χ1n) is 8.26. The van der Waals surface area contributed by atoms with Crippen molar-refractivity contribution >= 4 is 5.82 Å². The summed E-state index contributed by atoms with van der Waals surface area (Å²) in [5.74, 6) is 0.743. The number of anilines is 1. The Morgan fingerprint density at radius 2 is 2.38 bits per heavy atom. The lowest BCUT2D eigenvalue weighted by molar-refractivity contribution is 0.0120. The molecular formula is C18H20N4O2. The molecule has 2 aromatic rings. The molecule has 0 amide bonds. The quantitative estimate of drug-likeness (QED) is 0.931. The van der Waals surface area contributed by atoms with Gasteiger partial charge in [0, 0.05) is 31.6 Å². The van der Waals surface area contributed by atoms with Crippen molar-refractivity contribution in [2.75, 3.05) is 25.0 Å². The maximum Gasteiger partial charge on any atom is 0.142 e. The van der Waals surface area contributed by atoms with Crippen LogP contribution in [0.4, 0.5) is 5.82 Å². The third kappa shape index (κ3) is 3.14. The van der Waals surface area contributed by atoms with Crippen molar-refractivity contribution in [2.45, 2.75) is 31.0 Å². The minimum atomic E-state index is -0.0613. The van der Waals surface area contributed by atoms with Crippen molar-refractivity contribution < 1.29 is 9.15 Å². The molecule has 1 spiro atoms. The third-order valence-electron chi connectivity index (χ3n) is 4.81. The largest absolute Gasteiger partial charge is 0.472 e. The number of nitrogens with one attached hydrogen (secondary N) is 1. The van der Waals surface area contributed by atoms with Gasteiger partial charge in [0.1, 0.15) is 17.6 Å². The summed E-state index contributed by atoms with van der Waals surface area (Å²) in [6.07, 6.45) is 5.54. The van der Waals surface area contributed by atoms with Crippen LogP contribution in [0, 0.1) is 11.3 Å². The van der Waals surface area contributed by atoms with Crippen LogP contribution in [-0.4, -0.2) is 41.2 Å². The van der Waals surface area contributed by atoms with Gasteiger partial charge in [-0.2, -0.15) is 5.26 Å². The zero-order valence-electron chi connectivity index (χ0n) is 13.4. The van der Waals surface area contributed by atoms with Gasteiger partial charge in [0.05, 0.1) is 30.8 Å². The molecule has 2 fully saturated rings. The number of hydrogen-bond donors (Lipinski definition) is 1. The van der Waals surface area contributed by atoms with Gasteiger partial charge in [-0.05, 0) is 24.6 Å². The van der Waals surface area contributed by atoms with E-state index in [4.69, 9.17) is 14.4 Å². The summed E-state index contributed by atoms with van der Waals surface area (Å²) in [4.78, 5) is 6.70. The molecule has 0 saturated carbocycles. The van der Waals surface area contributed by atoms with Gasteiger partial charge < -0.3 is 14.5 Å². The van der Waals surface area contributed by atoms with Gasteiger partial charge in [0.25, 0.3) is 0 Å². The van der Waals surface area contributed by atoms with E-state index in [0.717, 1.165) is 38.3 Å². The fraction of sp³-hybridized carbons (Fsp3) is 0.444. The van der Waals surface area contributed by atoms with Gasteiger partial charge in [-0.1, -0.05) is 6.07 Å². The van der Waals surface area contributed by atoms with E-state index in [1.54, 1.807) is 18.6 Å². The second kappa shape index (κ2) is 6.27. The Kier molecular flexibility index (Phi) is 3.97. The Hall–Kier alpha value is -2.36. The van der Waals surface area contributed by atoms with E-state index >= 15 is 0 Å². The Bertz CT molecular complexity index is 740. The van der Waals surface area contributed by atoms with E-state index in [0.29, 0.717) is 12.3 Å². The van der Waals surface area contributed by atoms with Gasteiger partial charge in [-0.15, -0.1) is 0 Å². The van der Waals surface area contributed by atoms with E-state index in [9.17, 15) is 0 Å². The minimum absolute atomic E-state index is 0.0613. The molecule has 6 heteroatoms. The number of rotatable bonds is 4. The first-order valence-corrected chi connectivity index (χ1v) is 8.26. The predicted octanol–water partition coefficient (Wildman–Crippen LogP) is 2.39. The summed E-state index contributed by atoms with van der Waals surface area (Å²) in [7, 11) is 0. The van der Waals surface area contributed by atoms with E-state index < -0.39 is 0 Å². The number of nitriles is 1. The van der Waals surface area contributed by atoms with E-state index in [1.807, 2.05) is 18.2 Å². The summed E-state index contributed by atoms with van der Waals surface area (Å²) in [6, 6.07) is 9.77. The maximum atomic E-state index is 8.95. The fourth-order valence-electron chi connectivity index (χ4n) is 3.71. The molecule has 2 atom stereocenters. The van der Waals surface area contributed by atoms with Gasteiger partial charge >= 0.3 is 0 Å². The first-order chi connectivity index (χ1) is 11.7. The number of nitrogens with zero attached hydrogens (tertiary/aromatic N) is 3. The zero-order chi connectivity index (χ0) is 16.4. The van der Waals surface area contributed by atoms with Crippen LogP contribution in [0.5, 0.6) is 0 Å². The summed E-state index contributed by atoms with van der Waals surface area (Å²) in [6.45, 7) is 3.57. The lowest BCUT2D eigenvalue weighted by atomic mass is 9.97. The van der Waals surface area contributed by atoms with Gasteiger partial charge in [-0.3, -0.25) is 4.90 Å². The Labute approximate surface area is 141 Å². The molecule has 0 aliphatic carbocycles. The second-order valence-corrected chi connectivity index (χ2v) is 6.65. The topological polar surface area (TPSA) is 74.3 Å². The number of likely N-dealkylation sites (tertiary alicyclic amines) is 1. The van der Waals surface area contributed by atoms with Crippen LogP contribution in [-0.2, 0) is 11.3 Å². The average molecular weight is 324 g/mol. The monoisotopic (exact) mass is 324 g/mol. The van der Waals surface area contributed by atoms with Crippen LogP contribution >= 0.6 is 0 Å². The molecule has 24 heavy (non-hydrogen) atoms.